The van der Waals surface area contributed by atoms with Crippen LogP contribution in [-0.4, -0.2) is 59.5 Å². The first-order valence-electron chi connectivity index (χ1n) is 10.2. The van der Waals surface area contributed by atoms with Gasteiger partial charge in [-0.25, -0.2) is 5.43 Å². The molecule has 1 aromatic heterocycles. The van der Waals surface area contributed by atoms with E-state index in [1.165, 1.54) is 19.4 Å². The van der Waals surface area contributed by atoms with Crippen molar-refractivity contribution in [3.05, 3.63) is 64.2 Å². The molecule has 2 aromatic carbocycles. The first-order chi connectivity index (χ1) is 16.1. The molecule has 12 nitrogen and oxygen atoms in total. The lowest BCUT2D eigenvalue weighted by molar-refractivity contribution is -0.385. The molecule has 4 rings (SSSR count). The van der Waals surface area contributed by atoms with E-state index < -0.39 is 4.92 Å². The summed E-state index contributed by atoms with van der Waals surface area (Å²) in [6.45, 7) is 2.48. The summed E-state index contributed by atoms with van der Waals surface area (Å²) < 4.78 is 10.6. The van der Waals surface area contributed by atoms with Gasteiger partial charge in [0.1, 0.15) is 0 Å². The smallest absolute Gasteiger partial charge is 0.311 e. The van der Waals surface area contributed by atoms with Crippen LogP contribution in [0.4, 0.5) is 29.2 Å². The number of rotatable bonds is 8. The number of hydrogen-bond donors (Lipinski definition) is 2. The molecule has 0 radical (unpaired) electrons. The normalized spacial score (nSPS) is 13.7. The summed E-state index contributed by atoms with van der Waals surface area (Å²) in [5.41, 5.74) is 3.90. The van der Waals surface area contributed by atoms with Crippen molar-refractivity contribution in [1.82, 2.24) is 15.0 Å². The van der Waals surface area contributed by atoms with Crippen molar-refractivity contribution in [3.63, 3.8) is 0 Å². The highest BCUT2D eigenvalue weighted by atomic mass is 16.6. The molecule has 0 unspecified atom stereocenters. The third-order valence-electron chi connectivity index (χ3n) is 4.74. The third-order valence-corrected chi connectivity index (χ3v) is 4.74. The van der Waals surface area contributed by atoms with Gasteiger partial charge in [0, 0.05) is 30.4 Å². The molecule has 3 aromatic rings. The summed E-state index contributed by atoms with van der Waals surface area (Å²) in [5.74, 6) is 1.16. The van der Waals surface area contributed by atoms with Gasteiger partial charge in [-0.1, -0.05) is 24.3 Å². The number of ether oxygens (including phenoxy) is 2. The van der Waals surface area contributed by atoms with Gasteiger partial charge in [0.25, 0.3) is 0 Å². The average molecular weight is 450 g/mol. The Kier molecular flexibility index (Phi) is 6.85. The molecule has 1 fully saturated rings. The van der Waals surface area contributed by atoms with E-state index in [9.17, 15) is 10.1 Å². The summed E-state index contributed by atoms with van der Waals surface area (Å²) >= 11 is 0. The first kappa shape index (κ1) is 21.9. The minimum atomic E-state index is -0.508. The third kappa shape index (κ3) is 5.49. The number of methoxy groups -OCH3 is 1. The van der Waals surface area contributed by atoms with E-state index in [1.807, 2.05) is 35.2 Å². The van der Waals surface area contributed by atoms with Gasteiger partial charge < -0.3 is 19.7 Å². The molecular formula is C21H22N8O4. The number of nitro groups is 1. The van der Waals surface area contributed by atoms with Gasteiger partial charge in [-0.2, -0.15) is 20.1 Å². The number of morpholine rings is 1. The van der Waals surface area contributed by atoms with Gasteiger partial charge in [-0.15, -0.1) is 0 Å². The molecule has 1 aliphatic rings. The van der Waals surface area contributed by atoms with Crippen molar-refractivity contribution in [2.24, 2.45) is 5.10 Å². The molecule has 0 spiro atoms. The largest absolute Gasteiger partial charge is 0.490 e. The van der Waals surface area contributed by atoms with Crippen molar-refractivity contribution in [1.29, 1.82) is 0 Å². The summed E-state index contributed by atoms with van der Waals surface area (Å²) in [6.07, 6.45) is 1.41. The Morgan fingerprint density at radius 3 is 2.58 bits per heavy atom. The molecule has 0 atom stereocenters. The number of hydrazone groups is 1. The van der Waals surface area contributed by atoms with Gasteiger partial charge in [0.15, 0.2) is 0 Å². The van der Waals surface area contributed by atoms with Crippen LogP contribution in [0.25, 0.3) is 0 Å². The highest BCUT2D eigenvalue weighted by Gasteiger charge is 2.18. The number of aromatic nitrogens is 3. The van der Waals surface area contributed by atoms with Gasteiger partial charge in [-0.3, -0.25) is 10.1 Å². The zero-order chi connectivity index (χ0) is 23.0. The zero-order valence-electron chi connectivity index (χ0n) is 17.8. The van der Waals surface area contributed by atoms with Crippen LogP contribution in [0.5, 0.6) is 5.75 Å². The van der Waals surface area contributed by atoms with Crippen molar-refractivity contribution < 1.29 is 14.4 Å². The highest BCUT2D eigenvalue weighted by Crippen LogP contribution is 2.29. The number of hydrogen-bond acceptors (Lipinski definition) is 11. The Hall–Kier alpha value is -4.32. The van der Waals surface area contributed by atoms with Crippen LogP contribution >= 0.6 is 0 Å². The topological polar surface area (TPSA) is 140 Å². The summed E-state index contributed by atoms with van der Waals surface area (Å²) in [6, 6.07) is 14.1. The first-order valence-corrected chi connectivity index (χ1v) is 10.2. The lowest BCUT2D eigenvalue weighted by Gasteiger charge is -2.27. The summed E-state index contributed by atoms with van der Waals surface area (Å²) in [4.78, 5) is 26.1. The van der Waals surface area contributed by atoms with Gasteiger partial charge in [0.05, 0.1) is 31.5 Å². The Bertz CT molecular complexity index is 1140. The van der Waals surface area contributed by atoms with E-state index in [4.69, 9.17) is 9.47 Å². The standard InChI is InChI=1S/C21H22N8O4/c1-32-18-15(6-5-9-17(18)29(30)31)14-22-27-20-24-19(23-16-7-3-2-4-8-16)25-21(26-20)28-10-12-33-13-11-28/h2-9,14H,10-13H2,1H3,(H2,23,24,25,26,27)/b22-14+. The molecule has 170 valence electrons. The number of nitrogens with one attached hydrogen (secondary N) is 2. The van der Waals surface area contributed by atoms with E-state index in [1.54, 1.807) is 12.1 Å². The van der Waals surface area contributed by atoms with Gasteiger partial charge in [-0.05, 0) is 18.2 Å². The fourth-order valence-corrected chi connectivity index (χ4v) is 3.20. The maximum atomic E-state index is 11.2. The van der Waals surface area contributed by atoms with E-state index >= 15 is 0 Å². The van der Waals surface area contributed by atoms with Crippen molar-refractivity contribution in [2.75, 3.05) is 49.1 Å². The van der Waals surface area contributed by atoms with Crippen LogP contribution in [0.2, 0.25) is 0 Å². The van der Waals surface area contributed by atoms with E-state index in [0.29, 0.717) is 43.8 Å². The molecule has 1 aliphatic heterocycles. The summed E-state index contributed by atoms with van der Waals surface area (Å²) in [5, 5.41) is 18.5. The number of para-hydroxylation sites is 2. The van der Waals surface area contributed by atoms with Crippen LogP contribution in [0, 0.1) is 10.1 Å². The molecule has 0 amide bonds. The molecule has 12 heteroatoms. The second-order valence-corrected chi connectivity index (χ2v) is 6.90. The molecule has 1 saturated heterocycles. The number of nitro benzene ring substituents is 1. The SMILES string of the molecule is COc1c(/C=N/Nc2nc(Nc3ccccc3)nc(N3CCOCC3)n2)cccc1[N+](=O)[O-]. The van der Waals surface area contributed by atoms with Crippen LogP contribution in [-0.2, 0) is 4.74 Å². The second-order valence-electron chi connectivity index (χ2n) is 6.90. The Balaban J connectivity index is 1.59. The molecule has 2 N–H and O–H groups in total. The maximum absolute atomic E-state index is 11.2. The number of nitrogens with zero attached hydrogens (tertiary/aromatic N) is 6. The van der Waals surface area contributed by atoms with E-state index in [0.717, 1.165) is 5.69 Å². The molecular weight excluding hydrogens is 428 g/mol. The van der Waals surface area contributed by atoms with Crippen molar-refractivity contribution in [3.8, 4) is 5.75 Å². The predicted octanol–water partition coefficient (Wildman–Crippen LogP) is 2.81. The Labute approximate surface area is 189 Å². The van der Waals surface area contributed by atoms with E-state index in [-0.39, 0.29) is 17.4 Å². The van der Waals surface area contributed by atoms with Gasteiger partial charge >= 0.3 is 5.69 Å². The molecule has 0 bridgehead atoms. The lowest BCUT2D eigenvalue weighted by Crippen LogP contribution is -2.37. The minimum Gasteiger partial charge on any atom is -0.490 e. The molecule has 2 heterocycles. The average Bonchev–Trinajstić information content (AvgIpc) is 2.85. The molecule has 0 aliphatic carbocycles. The zero-order valence-corrected chi connectivity index (χ0v) is 17.8. The number of benzene rings is 2. The Morgan fingerprint density at radius 2 is 1.85 bits per heavy atom. The molecule has 33 heavy (non-hydrogen) atoms. The predicted molar refractivity (Wildman–Crippen MR) is 123 cm³/mol. The van der Waals surface area contributed by atoms with Gasteiger partial charge in [0.2, 0.25) is 23.6 Å². The van der Waals surface area contributed by atoms with E-state index in [2.05, 4.69) is 30.8 Å². The maximum Gasteiger partial charge on any atom is 0.311 e. The fourth-order valence-electron chi connectivity index (χ4n) is 3.20. The lowest BCUT2D eigenvalue weighted by atomic mass is 10.2. The number of anilines is 4. The highest BCUT2D eigenvalue weighted by molar-refractivity contribution is 5.86. The van der Waals surface area contributed by atoms with Crippen LogP contribution in [0.15, 0.2) is 53.6 Å². The Morgan fingerprint density at radius 1 is 1.09 bits per heavy atom. The van der Waals surface area contributed by atoms with Crippen molar-refractivity contribution >= 4 is 35.4 Å². The van der Waals surface area contributed by atoms with Crippen LogP contribution < -0.4 is 20.4 Å². The molecule has 0 saturated carbocycles. The van der Waals surface area contributed by atoms with Crippen molar-refractivity contribution in [2.45, 2.75) is 0 Å². The minimum absolute atomic E-state index is 0.115. The fraction of sp³-hybridized carbons (Fsp3) is 0.238. The quantitative estimate of drug-likeness (QED) is 0.299. The van der Waals surface area contributed by atoms with Crippen LogP contribution in [0.1, 0.15) is 5.56 Å². The summed E-state index contributed by atoms with van der Waals surface area (Å²) in [7, 11) is 1.37. The second kappa shape index (κ2) is 10.3. The van der Waals surface area contributed by atoms with Crippen LogP contribution in [0.3, 0.4) is 0 Å². The monoisotopic (exact) mass is 450 g/mol.